The van der Waals surface area contributed by atoms with Gasteiger partial charge in [0.25, 0.3) is 0 Å². The molecule has 23 heavy (non-hydrogen) atoms. The smallest absolute Gasteiger partial charge is 0.177 e. The number of aromatic hydroxyl groups is 1. The van der Waals surface area contributed by atoms with Crippen molar-refractivity contribution in [1.82, 2.24) is 0 Å². The zero-order valence-electron chi connectivity index (χ0n) is 12.5. The van der Waals surface area contributed by atoms with Crippen LogP contribution in [0.2, 0.25) is 0 Å². The summed E-state index contributed by atoms with van der Waals surface area (Å²) in [6.07, 6.45) is 8.30. The molecule has 2 atom stereocenters. The van der Waals surface area contributed by atoms with Gasteiger partial charge in [-0.3, -0.25) is 14.8 Å². The molecule has 0 radical (unpaired) electrons. The number of carbonyl (C=O) groups excluding carboxylic acids is 1. The van der Waals surface area contributed by atoms with E-state index >= 15 is 0 Å². The van der Waals surface area contributed by atoms with Gasteiger partial charge in [-0.15, -0.1) is 0 Å². The molecule has 1 aromatic rings. The van der Waals surface area contributed by atoms with Crippen molar-refractivity contribution in [2.75, 3.05) is 18.0 Å². The lowest BCUT2D eigenvalue weighted by Crippen LogP contribution is -2.58. The lowest BCUT2D eigenvalue weighted by Gasteiger charge is -2.51. The van der Waals surface area contributed by atoms with Crippen LogP contribution in [-0.2, 0) is 10.2 Å². The molecule has 2 bridgehead atoms. The van der Waals surface area contributed by atoms with Crippen molar-refractivity contribution in [2.45, 2.75) is 30.7 Å². The normalized spacial score (nSPS) is 31.3. The van der Waals surface area contributed by atoms with E-state index in [9.17, 15) is 9.90 Å². The third-order valence-electron chi connectivity index (χ3n) is 6.13. The van der Waals surface area contributed by atoms with E-state index in [1.54, 1.807) is 6.08 Å². The Kier molecular flexibility index (Phi) is 1.86. The number of hydrogen-bond acceptors (Lipinski definition) is 5. The standard InChI is InChI=1S/C18H15N3O2/c22-11-1-3-18-4-5-19-15-13(18)16-12-9(8-20-14(12)17(15)23)2-6-21(16)10(11)7-18/h1,3,8,10,23H,2,4-7H2/t10-,18+/m0/s1. The Morgan fingerprint density at radius 2 is 2.30 bits per heavy atom. The van der Waals surface area contributed by atoms with Crippen LogP contribution in [0.5, 0.6) is 5.75 Å². The largest absolute Gasteiger partial charge is 0.504 e. The average Bonchev–Trinajstić information content (AvgIpc) is 3.00. The average molecular weight is 305 g/mol. The number of fused-ring (bicyclic) bond motifs is 2. The zero-order valence-corrected chi connectivity index (χ0v) is 12.5. The molecule has 0 aromatic heterocycles. The first-order valence-corrected chi connectivity index (χ1v) is 8.20. The van der Waals surface area contributed by atoms with Crippen LogP contribution in [0.25, 0.3) is 5.57 Å². The highest BCUT2D eigenvalue weighted by Crippen LogP contribution is 2.50. The number of allylic oxidation sites excluding steroid dienone is 1. The van der Waals surface area contributed by atoms with E-state index in [4.69, 9.17) is 0 Å². The zero-order chi connectivity index (χ0) is 15.3. The highest BCUT2D eigenvalue weighted by Gasteiger charge is 2.50. The van der Waals surface area contributed by atoms with Gasteiger partial charge in [-0.2, -0.15) is 0 Å². The Bertz CT molecular complexity index is 1000. The van der Waals surface area contributed by atoms with E-state index in [-0.39, 0.29) is 23.0 Å². The highest BCUT2D eigenvalue weighted by atomic mass is 16.3. The first kappa shape index (κ1) is 12.0. The molecule has 0 unspecified atom stereocenters. The van der Waals surface area contributed by atoms with Gasteiger partial charge in [0.15, 0.2) is 11.5 Å². The summed E-state index contributed by atoms with van der Waals surface area (Å²) in [5.74, 6) is 0.421. The topological polar surface area (TPSA) is 65.3 Å². The van der Waals surface area contributed by atoms with Crippen LogP contribution in [0.15, 0.2) is 22.1 Å². The number of anilines is 1. The summed E-state index contributed by atoms with van der Waals surface area (Å²) in [6.45, 7) is 1.52. The summed E-state index contributed by atoms with van der Waals surface area (Å²) in [5, 5.41) is 12.5. The van der Waals surface area contributed by atoms with E-state index in [1.165, 1.54) is 5.57 Å². The van der Waals surface area contributed by atoms with Gasteiger partial charge in [-0.1, -0.05) is 6.08 Å². The molecule has 1 aliphatic carbocycles. The Labute approximate surface area is 132 Å². The quantitative estimate of drug-likeness (QED) is 0.765. The molecular formula is C18H15N3O2. The Morgan fingerprint density at radius 3 is 3.22 bits per heavy atom. The molecule has 4 heterocycles. The van der Waals surface area contributed by atoms with E-state index in [1.807, 2.05) is 6.21 Å². The van der Waals surface area contributed by atoms with Crippen LogP contribution < -0.4 is 15.5 Å². The van der Waals surface area contributed by atoms with Gasteiger partial charge >= 0.3 is 0 Å². The molecule has 114 valence electrons. The number of rotatable bonds is 0. The van der Waals surface area contributed by atoms with Crippen molar-refractivity contribution in [1.29, 1.82) is 0 Å². The number of carbonyl (C=O) groups is 1. The molecule has 4 aliphatic heterocycles. The van der Waals surface area contributed by atoms with Gasteiger partial charge in [0.2, 0.25) is 0 Å². The molecule has 0 saturated carbocycles. The molecular weight excluding hydrogens is 290 g/mol. The molecule has 5 nitrogen and oxygen atoms in total. The highest BCUT2D eigenvalue weighted by molar-refractivity contribution is 6.11. The molecule has 0 fully saturated rings. The SMILES string of the molecule is O=C1C=C[C@]23CCN=c4c(O)c5c6c(c42)N(CCC=6C=N5)[C@H]1C3. The third-order valence-corrected chi connectivity index (χ3v) is 6.13. The molecule has 5 heteroatoms. The minimum atomic E-state index is -0.154. The number of phenolic OH excluding ortho intramolecular Hbond substituents is 1. The fraction of sp³-hybridized carbons (Fsp3) is 0.389. The number of nitrogens with zero attached hydrogens (tertiary/aromatic N) is 3. The molecule has 1 spiro atoms. The summed E-state index contributed by atoms with van der Waals surface area (Å²) in [4.78, 5) is 23.8. The molecule has 1 aromatic carbocycles. The van der Waals surface area contributed by atoms with Crippen molar-refractivity contribution in [3.8, 4) is 5.75 Å². The minimum absolute atomic E-state index is 0.0748. The first-order valence-electron chi connectivity index (χ1n) is 8.20. The maximum absolute atomic E-state index is 12.5. The summed E-state index contributed by atoms with van der Waals surface area (Å²) in [6, 6.07) is -0.0748. The maximum atomic E-state index is 12.5. The fourth-order valence-corrected chi connectivity index (χ4v) is 5.09. The van der Waals surface area contributed by atoms with Crippen LogP contribution in [0.1, 0.15) is 24.8 Å². The number of ketones is 1. The summed E-state index contributed by atoms with van der Waals surface area (Å²) < 4.78 is 0. The second-order valence-electron chi connectivity index (χ2n) is 7.11. The van der Waals surface area contributed by atoms with Crippen molar-refractivity contribution >= 4 is 28.9 Å². The maximum Gasteiger partial charge on any atom is 0.177 e. The number of hydrogen-bond donors (Lipinski definition) is 1. The minimum Gasteiger partial charge on any atom is -0.504 e. The van der Waals surface area contributed by atoms with Crippen LogP contribution in [-0.4, -0.2) is 36.2 Å². The summed E-state index contributed by atoms with van der Waals surface area (Å²) >= 11 is 0. The molecule has 0 amide bonds. The van der Waals surface area contributed by atoms with Gasteiger partial charge in [0.05, 0.1) is 11.7 Å². The van der Waals surface area contributed by atoms with E-state index in [2.05, 4.69) is 21.0 Å². The fourth-order valence-electron chi connectivity index (χ4n) is 5.09. The second-order valence-corrected chi connectivity index (χ2v) is 7.11. The van der Waals surface area contributed by atoms with Gasteiger partial charge in [0.1, 0.15) is 11.0 Å². The number of benzene rings is 1. The van der Waals surface area contributed by atoms with E-state index in [0.717, 1.165) is 42.3 Å². The van der Waals surface area contributed by atoms with Gasteiger partial charge in [0, 0.05) is 35.5 Å². The summed E-state index contributed by atoms with van der Waals surface area (Å²) in [5.41, 5.74) is 3.92. The van der Waals surface area contributed by atoms with Gasteiger partial charge in [-0.25, -0.2) is 0 Å². The molecule has 6 rings (SSSR count). The monoisotopic (exact) mass is 305 g/mol. The van der Waals surface area contributed by atoms with Crippen LogP contribution in [0, 0.1) is 0 Å². The van der Waals surface area contributed by atoms with Crippen molar-refractivity contribution in [2.24, 2.45) is 9.98 Å². The summed E-state index contributed by atoms with van der Waals surface area (Å²) in [7, 11) is 0. The van der Waals surface area contributed by atoms with Crippen molar-refractivity contribution < 1.29 is 9.90 Å². The first-order chi connectivity index (χ1) is 11.2. The Balaban J connectivity index is 1.89. The lowest BCUT2D eigenvalue weighted by atomic mass is 9.64. The third kappa shape index (κ3) is 1.18. The van der Waals surface area contributed by atoms with Gasteiger partial charge < -0.3 is 10.0 Å². The molecule has 5 aliphatic rings. The second kappa shape index (κ2) is 3.55. The lowest BCUT2D eigenvalue weighted by molar-refractivity contribution is -0.117. The van der Waals surface area contributed by atoms with Crippen molar-refractivity contribution in [3.63, 3.8) is 0 Å². The van der Waals surface area contributed by atoms with Crippen LogP contribution >= 0.6 is 0 Å². The van der Waals surface area contributed by atoms with Crippen molar-refractivity contribution in [3.05, 3.63) is 28.3 Å². The number of aliphatic imine (C=N–C) groups is 1. The van der Waals surface area contributed by atoms with Crippen LogP contribution in [0.3, 0.4) is 0 Å². The Morgan fingerprint density at radius 1 is 1.39 bits per heavy atom. The van der Waals surface area contributed by atoms with E-state index < -0.39 is 0 Å². The number of phenols is 1. The Hall–Kier alpha value is -2.43. The predicted octanol–water partition coefficient (Wildman–Crippen LogP) is 0.641. The van der Waals surface area contributed by atoms with E-state index in [0.29, 0.717) is 17.6 Å². The molecule has 0 saturated heterocycles. The predicted molar refractivity (Wildman–Crippen MR) is 86.1 cm³/mol. The molecule has 1 N–H and O–H groups in total. The van der Waals surface area contributed by atoms with Gasteiger partial charge in [-0.05, 0) is 30.9 Å². The van der Waals surface area contributed by atoms with Crippen LogP contribution in [0.4, 0.5) is 11.4 Å².